The summed E-state index contributed by atoms with van der Waals surface area (Å²) in [6, 6.07) is 8.84. The Morgan fingerprint density at radius 1 is 1.16 bits per heavy atom. The molecule has 1 aromatic carbocycles. The van der Waals surface area contributed by atoms with Gasteiger partial charge in [0.15, 0.2) is 6.10 Å². The predicted molar refractivity (Wildman–Crippen MR) is 141 cm³/mol. The van der Waals surface area contributed by atoms with E-state index in [2.05, 4.69) is 22.1 Å². The van der Waals surface area contributed by atoms with E-state index in [-0.39, 0.29) is 17.5 Å². The number of aromatic nitrogens is 3. The van der Waals surface area contributed by atoms with Gasteiger partial charge in [0.1, 0.15) is 5.82 Å². The van der Waals surface area contributed by atoms with Gasteiger partial charge >= 0.3 is 0 Å². The van der Waals surface area contributed by atoms with E-state index in [1.807, 2.05) is 12.4 Å². The van der Waals surface area contributed by atoms with Crippen molar-refractivity contribution in [2.45, 2.75) is 63.0 Å². The van der Waals surface area contributed by atoms with Gasteiger partial charge < -0.3 is 15.0 Å². The van der Waals surface area contributed by atoms with Gasteiger partial charge in [0, 0.05) is 30.4 Å². The molecule has 1 saturated carbocycles. The number of amides is 1. The Bertz CT molecular complexity index is 1460. The molecule has 1 aliphatic heterocycles. The van der Waals surface area contributed by atoms with Gasteiger partial charge in [-0.2, -0.15) is 0 Å². The summed E-state index contributed by atoms with van der Waals surface area (Å²) in [6.45, 7) is 0.504. The summed E-state index contributed by atoms with van der Waals surface area (Å²) in [7, 11) is 0. The van der Waals surface area contributed by atoms with Crippen molar-refractivity contribution < 1.29 is 9.90 Å². The third kappa shape index (κ3) is 4.51. The van der Waals surface area contributed by atoms with E-state index in [0.29, 0.717) is 34.9 Å². The number of hydrogen-bond donors (Lipinski definition) is 2. The fourth-order valence-electron chi connectivity index (χ4n) is 5.60. The quantitative estimate of drug-likeness (QED) is 0.521. The second-order valence-corrected chi connectivity index (χ2v) is 10.8. The Morgan fingerprint density at radius 2 is 2.03 bits per heavy atom. The average Bonchev–Trinajstić information content (AvgIpc) is 3.75. The lowest BCUT2D eigenvalue weighted by molar-refractivity contribution is -0.141. The highest BCUT2D eigenvalue weighted by molar-refractivity contribution is 6.30. The van der Waals surface area contributed by atoms with E-state index in [1.165, 1.54) is 23.3 Å². The number of aromatic amines is 1. The minimum Gasteiger partial charge on any atom is -0.378 e. The smallest absolute Gasteiger partial charge is 0.256 e. The number of carbonyl (C=O) groups excluding carboxylic acids is 1. The molecular weight excluding hydrogens is 488 g/mol. The summed E-state index contributed by atoms with van der Waals surface area (Å²) < 4.78 is 0. The van der Waals surface area contributed by atoms with Gasteiger partial charge in [0.05, 0.1) is 23.2 Å². The molecule has 8 heteroatoms. The van der Waals surface area contributed by atoms with Crippen molar-refractivity contribution in [3.63, 3.8) is 0 Å². The number of nitrogens with one attached hydrogen (secondary N) is 1. The van der Waals surface area contributed by atoms with Crippen molar-refractivity contribution >= 4 is 23.1 Å². The molecule has 2 aromatic heterocycles. The number of carbonyl (C=O) groups is 1. The average molecular weight is 517 g/mol. The van der Waals surface area contributed by atoms with E-state index in [0.717, 1.165) is 42.5 Å². The number of nitrogens with zero attached hydrogens (tertiary/aromatic N) is 3. The van der Waals surface area contributed by atoms with Crippen molar-refractivity contribution in [3.8, 4) is 0 Å². The third-order valence-electron chi connectivity index (χ3n) is 7.93. The number of halogens is 1. The molecular formula is C29H29ClN4O3. The molecule has 0 radical (unpaired) electrons. The number of pyridine rings is 1. The second-order valence-electron chi connectivity index (χ2n) is 10.3. The summed E-state index contributed by atoms with van der Waals surface area (Å²) in [4.78, 5) is 40.2. The molecule has 37 heavy (non-hydrogen) atoms. The molecule has 7 nitrogen and oxygen atoms in total. The van der Waals surface area contributed by atoms with Gasteiger partial charge in [0.2, 0.25) is 0 Å². The van der Waals surface area contributed by atoms with E-state index < -0.39 is 12.0 Å². The van der Waals surface area contributed by atoms with Crippen LogP contribution in [0.25, 0.3) is 5.57 Å². The Morgan fingerprint density at radius 3 is 2.78 bits per heavy atom. The maximum Gasteiger partial charge on any atom is 0.256 e. The third-order valence-corrected chi connectivity index (χ3v) is 8.17. The van der Waals surface area contributed by atoms with Crippen LogP contribution in [-0.4, -0.2) is 37.4 Å². The molecule has 1 fully saturated rings. The molecule has 2 aliphatic carbocycles. The monoisotopic (exact) mass is 516 g/mol. The largest absolute Gasteiger partial charge is 0.378 e. The van der Waals surface area contributed by atoms with E-state index in [1.54, 1.807) is 24.3 Å². The summed E-state index contributed by atoms with van der Waals surface area (Å²) in [5.41, 5.74) is 4.71. The van der Waals surface area contributed by atoms with Gasteiger partial charge in [0.25, 0.3) is 11.5 Å². The maximum atomic E-state index is 13.2. The number of H-pyrrole nitrogens is 1. The number of benzene rings is 1. The summed E-state index contributed by atoms with van der Waals surface area (Å²) in [5, 5.41) is 11.1. The zero-order valence-electron chi connectivity index (χ0n) is 20.5. The van der Waals surface area contributed by atoms with Crippen LogP contribution in [0, 0.1) is 0 Å². The number of hydrogen-bond acceptors (Lipinski definition) is 5. The van der Waals surface area contributed by atoms with Crippen molar-refractivity contribution in [1.82, 2.24) is 19.9 Å². The second kappa shape index (κ2) is 9.54. The van der Waals surface area contributed by atoms with E-state index in [4.69, 9.17) is 16.6 Å². The SMILES string of the molecule is O=C(C(O)c1cccc(Cl)c1)N1CCc2nc(C3(c4cncc(C5=CCCCC5)c4)CC3)[nH]c(=O)c2C1. The highest BCUT2D eigenvalue weighted by Crippen LogP contribution is 2.52. The van der Waals surface area contributed by atoms with Crippen molar-refractivity contribution in [2.24, 2.45) is 0 Å². The lowest BCUT2D eigenvalue weighted by Crippen LogP contribution is -2.42. The molecule has 0 bridgehead atoms. The fraction of sp³-hybridized carbons (Fsp3) is 0.379. The highest BCUT2D eigenvalue weighted by Gasteiger charge is 2.49. The fourth-order valence-corrected chi connectivity index (χ4v) is 5.80. The van der Waals surface area contributed by atoms with E-state index >= 15 is 0 Å². The Kier molecular flexibility index (Phi) is 6.21. The zero-order valence-corrected chi connectivity index (χ0v) is 21.3. The molecule has 190 valence electrons. The molecule has 2 N–H and O–H groups in total. The first kappa shape index (κ1) is 24.1. The van der Waals surface area contributed by atoms with Gasteiger partial charge in [-0.1, -0.05) is 29.8 Å². The van der Waals surface area contributed by atoms with Crippen LogP contribution in [0.3, 0.4) is 0 Å². The van der Waals surface area contributed by atoms with Gasteiger partial charge in [-0.3, -0.25) is 14.6 Å². The van der Waals surface area contributed by atoms with Crippen molar-refractivity contribution in [2.75, 3.05) is 6.54 Å². The Hall–Kier alpha value is -3.29. The summed E-state index contributed by atoms with van der Waals surface area (Å²) >= 11 is 6.02. The topological polar surface area (TPSA) is 99.2 Å². The molecule has 3 aromatic rings. The van der Waals surface area contributed by atoms with Crippen molar-refractivity contribution in [1.29, 1.82) is 0 Å². The van der Waals surface area contributed by atoms with Gasteiger partial charge in [-0.25, -0.2) is 4.98 Å². The Balaban J connectivity index is 1.25. The molecule has 1 unspecified atom stereocenters. The van der Waals surface area contributed by atoms with Gasteiger partial charge in [-0.05, 0) is 79.0 Å². The summed E-state index contributed by atoms with van der Waals surface area (Å²) in [6.07, 6.45) is 11.7. The summed E-state index contributed by atoms with van der Waals surface area (Å²) in [5.74, 6) is 0.238. The maximum absolute atomic E-state index is 13.2. The van der Waals surface area contributed by atoms with Crippen LogP contribution in [0.5, 0.6) is 0 Å². The number of aliphatic hydroxyl groups excluding tert-OH is 1. The first-order valence-corrected chi connectivity index (χ1v) is 13.3. The molecule has 1 atom stereocenters. The molecule has 0 saturated heterocycles. The normalized spacial score (nSPS) is 19.1. The molecule has 1 amide bonds. The molecule has 3 heterocycles. The van der Waals surface area contributed by atoms with Crippen molar-refractivity contribution in [3.05, 3.63) is 98.0 Å². The molecule has 0 spiro atoms. The first-order valence-electron chi connectivity index (χ1n) is 12.9. The highest BCUT2D eigenvalue weighted by atomic mass is 35.5. The van der Waals surface area contributed by atoms with Crippen LogP contribution in [-0.2, 0) is 23.2 Å². The molecule has 6 rings (SSSR count). The standard InChI is InChI=1S/C29H29ClN4O3/c30-22-8-4-7-19(14-22)25(35)27(37)34-12-9-24-23(17-34)26(36)33-28(32-24)29(10-11-29)21-13-20(15-31-16-21)18-5-2-1-3-6-18/h4-5,7-8,13-16,25,35H,1-3,6,9-12,17H2,(H,32,33,36). The zero-order chi connectivity index (χ0) is 25.6. The number of aliphatic hydroxyl groups is 1. The Labute approximate surface area is 220 Å². The molecule has 3 aliphatic rings. The van der Waals surface area contributed by atoms with Crippen LogP contribution in [0.4, 0.5) is 0 Å². The minimum atomic E-state index is -1.33. The lowest BCUT2D eigenvalue weighted by Gasteiger charge is -2.30. The van der Waals surface area contributed by atoms with Crippen LogP contribution in [0.1, 0.15) is 78.4 Å². The number of fused-ring (bicyclic) bond motifs is 1. The van der Waals surface area contributed by atoms with Gasteiger partial charge in [-0.15, -0.1) is 0 Å². The first-order chi connectivity index (χ1) is 17.9. The van der Waals surface area contributed by atoms with Crippen LogP contribution >= 0.6 is 11.6 Å². The number of allylic oxidation sites excluding steroid dienone is 2. The van der Waals surface area contributed by atoms with Crippen LogP contribution < -0.4 is 5.56 Å². The van der Waals surface area contributed by atoms with E-state index in [9.17, 15) is 14.7 Å². The van der Waals surface area contributed by atoms with Crippen LogP contribution in [0.2, 0.25) is 5.02 Å². The number of rotatable bonds is 5. The minimum absolute atomic E-state index is 0.118. The predicted octanol–water partition coefficient (Wildman–Crippen LogP) is 4.47. The lowest BCUT2D eigenvalue weighted by atomic mass is 9.90. The van der Waals surface area contributed by atoms with Crippen LogP contribution in [0.15, 0.2) is 53.6 Å².